The molecular formula is C48H56N8O15. The van der Waals surface area contributed by atoms with E-state index in [9.17, 15) is 58.8 Å². The first-order chi connectivity index (χ1) is 34.1. The number of carboxylic acid groups (broad SMARTS) is 1. The number of hydrogen-bond donors (Lipinski definition) is 9. The molecule has 7 amide bonds. The molecule has 23 heteroatoms. The molecule has 2 saturated heterocycles. The van der Waals surface area contributed by atoms with Crippen LogP contribution >= 0.6 is 0 Å². The van der Waals surface area contributed by atoms with Crippen molar-refractivity contribution in [2.75, 3.05) is 43.4 Å². The number of aliphatic hydroxyl groups excluding tert-OH is 3. The number of hydrogen-bond acceptors (Lipinski definition) is 16. The number of aliphatic carboxylic acids is 1. The highest BCUT2D eigenvalue weighted by atomic mass is 16.7. The van der Waals surface area contributed by atoms with Gasteiger partial charge in [-0.05, 0) is 78.8 Å². The zero-order valence-corrected chi connectivity index (χ0v) is 38.4. The molecule has 3 aliphatic rings. The Morgan fingerprint density at radius 2 is 1.65 bits per heavy atom. The molecule has 4 heterocycles. The summed E-state index contributed by atoms with van der Waals surface area (Å²) < 4.78 is 16.4. The lowest BCUT2D eigenvalue weighted by molar-refractivity contribution is -0.271. The Hall–Kier alpha value is -7.57. The fourth-order valence-corrected chi connectivity index (χ4v) is 7.94. The van der Waals surface area contributed by atoms with Crippen molar-refractivity contribution < 1.29 is 73.0 Å². The summed E-state index contributed by atoms with van der Waals surface area (Å²) in [6.07, 6.45) is 1.88. The largest absolute Gasteiger partial charge is 0.479 e. The normalized spacial score (nSPS) is 20.6. The van der Waals surface area contributed by atoms with Crippen molar-refractivity contribution in [1.29, 1.82) is 0 Å². The second-order valence-corrected chi connectivity index (χ2v) is 16.8. The van der Waals surface area contributed by atoms with Crippen LogP contribution in [0, 0.1) is 5.92 Å². The number of ether oxygens (including phenoxy) is 3. The second-order valence-electron chi connectivity index (χ2n) is 16.8. The Morgan fingerprint density at radius 3 is 2.35 bits per heavy atom. The van der Waals surface area contributed by atoms with Gasteiger partial charge in [-0.2, -0.15) is 0 Å². The van der Waals surface area contributed by atoms with E-state index >= 15 is 0 Å². The van der Waals surface area contributed by atoms with E-state index in [0.29, 0.717) is 36.0 Å². The third-order valence-corrected chi connectivity index (χ3v) is 11.8. The monoisotopic (exact) mass is 984 g/mol. The number of carboxylic acids is 1. The third-order valence-electron chi connectivity index (χ3n) is 11.8. The topological polar surface area (TPSA) is 339 Å². The molecule has 6 atom stereocenters. The molecule has 2 fully saturated rings. The molecule has 378 valence electrons. The van der Waals surface area contributed by atoms with Crippen molar-refractivity contribution in [3.05, 3.63) is 102 Å². The van der Waals surface area contributed by atoms with Crippen molar-refractivity contribution in [2.24, 2.45) is 11.7 Å². The molecule has 3 aromatic rings. The first kappa shape index (κ1) is 52.8. The van der Waals surface area contributed by atoms with Crippen LogP contribution in [0.2, 0.25) is 0 Å². The van der Waals surface area contributed by atoms with Crippen molar-refractivity contribution >= 4 is 65.0 Å². The minimum atomic E-state index is -2.01. The van der Waals surface area contributed by atoms with E-state index in [2.05, 4.69) is 26.3 Å². The predicted octanol–water partition coefficient (Wildman–Crippen LogP) is 0.651. The summed E-state index contributed by atoms with van der Waals surface area (Å²) >= 11 is 0. The van der Waals surface area contributed by atoms with Crippen LogP contribution in [0.1, 0.15) is 60.0 Å². The van der Waals surface area contributed by atoms with Gasteiger partial charge in [-0.25, -0.2) is 9.59 Å². The number of carbonyl (C=O) groups excluding carboxylic acids is 7. The highest BCUT2D eigenvalue weighted by molar-refractivity contribution is 6.15. The number of nitrogens with one attached hydrogen (secondary N) is 4. The van der Waals surface area contributed by atoms with Gasteiger partial charge >= 0.3 is 12.1 Å². The standard InChI is InChI=1S/C48H56N8O15/c49-25-34(56-38(59)13-14-39(56)60)44(64)52-20-15-37(58)54-33-23-30(9-11-35(33)70-47-42(63)40(61)41(62)43(71-47)46(66)67)27-69-48(68)53-32-8-3-7-31(24-32)45(65)55-21-16-28(17-22-55)5-1-2-19-51-36(57)12-10-29-6-4-18-50-26-29/h3-4,6-14,18,23-24,26,28,34,40-43,47,61-63H,1-2,5,15-17,19-22,25,27,49H2,(H,51,57)(H,52,64)(H,53,68)(H,54,58)(H,66,67)/b12-10+/t34?,40-,41?,42-,43?,47?/m0/s1. The number of aromatic nitrogens is 1. The number of nitrogens with two attached hydrogens (primary N) is 1. The van der Waals surface area contributed by atoms with Crippen LogP contribution in [-0.4, -0.2) is 152 Å². The summed E-state index contributed by atoms with van der Waals surface area (Å²) in [5.41, 5.74) is 7.31. The molecule has 4 unspecified atom stereocenters. The molecule has 10 N–H and O–H groups in total. The summed E-state index contributed by atoms with van der Waals surface area (Å²) in [6, 6.07) is 12.7. The average molecular weight is 985 g/mol. The number of likely N-dealkylation sites (tertiary alicyclic amines) is 1. The SMILES string of the molecule is NCC(C(=O)NCCC(=O)Nc1cc(COC(=O)Nc2cccc(C(=O)N3CCC(CCCCNC(=O)/C=C/c4cccnc4)CC3)c2)ccc1OC1OC(C(=O)O)C(O)[C@H](O)[C@@H]1O)N1C(=O)C=CC1=O. The fourth-order valence-electron chi connectivity index (χ4n) is 7.94. The van der Waals surface area contributed by atoms with Gasteiger partial charge in [-0.15, -0.1) is 0 Å². The number of anilines is 2. The Kier molecular flexibility index (Phi) is 18.8. The Bertz CT molecular complexity index is 2460. The molecule has 0 saturated carbocycles. The lowest BCUT2D eigenvalue weighted by Crippen LogP contribution is -2.61. The zero-order valence-electron chi connectivity index (χ0n) is 38.4. The summed E-state index contributed by atoms with van der Waals surface area (Å²) in [6.45, 7) is 0.654. The highest BCUT2D eigenvalue weighted by Gasteiger charge is 2.48. The number of aliphatic hydroxyl groups is 3. The molecule has 3 aliphatic heterocycles. The minimum absolute atomic E-state index is 0.118. The number of imide groups is 1. The fraction of sp³-hybridized carbons (Fsp3) is 0.396. The molecule has 0 bridgehead atoms. The van der Waals surface area contributed by atoms with Gasteiger partial charge < -0.3 is 61.2 Å². The summed E-state index contributed by atoms with van der Waals surface area (Å²) in [4.78, 5) is 107. The van der Waals surface area contributed by atoms with Gasteiger partial charge in [0.05, 0.1) is 5.69 Å². The molecular weight excluding hydrogens is 929 g/mol. The van der Waals surface area contributed by atoms with Gasteiger partial charge in [0.2, 0.25) is 24.0 Å². The van der Waals surface area contributed by atoms with E-state index < -0.39 is 72.4 Å². The van der Waals surface area contributed by atoms with Crippen LogP contribution in [0.5, 0.6) is 5.75 Å². The highest BCUT2D eigenvalue weighted by Crippen LogP contribution is 2.32. The Morgan fingerprint density at radius 1 is 0.887 bits per heavy atom. The van der Waals surface area contributed by atoms with Gasteiger partial charge in [0.25, 0.3) is 17.7 Å². The van der Waals surface area contributed by atoms with E-state index in [4.69, 9.17) is 19.9 Å². The van der Waals surface area contributed by atoms with Crippen molar-refractivity contribution in [1.82, 2.24) is 25.4 Å². The van der Waals surface area contributed by atoms with Gasteiger partial charge in [0.1, 0.15) is 36.7 Å². The zero-order chi connectivity index (χ0) is 51.0. The van der Waals surface area contributed by atoms with Crippen LogP contribution in [0.4, 0.5) is 16.2 Å². The maximum absolute atomic E-state index is 13.5. The van der Waals surface area contributed by atoms with Crippen LogP contribution in [0.15, 0.2) is 85.2 Å². The molecule has 1 aromatic heterocycles. The van der Waals surface area contributed by atoms with E-state index in [1.165, 1.54) is 30.3 Å². The predicted molar refractivity (Wildman–Crippen MR) is 250 cm³/mol. The van der Waals surface area contributed by atoms with E-state index in [1.54, 1.807) is 47.6 Å². The molecule has 0 radical (unpaired) electrons. The summed E-state index contributed by atoms with van der Waals surface area (Å²) in [7, 11) is 0. The van der Waals surface area contributed by atoms with Crippen LogP contribution in [0.3, 0.4) is 0 Å². The van der Waals surface area contributed by atoms with Gasteiger partial charge in [0.15, 0.2) is 6.10 Å². The second kappa shape index (κ2) is 25.3. The van der Waals surface area contributed by atoms with E-state index in [1.807, 2.05) is 6.07 Å². The lowest BCUT2D eigenvalue weighted by Gasteiger charge is -2.38. The Balaban J connectivity index is 0.995. The van der Waals surface area contributed by atoms with Crippen molar-refractivity contribution in [3.8, 4) is 5.75 Å². The average Bonchev–Trinajstić information content (AvgIpc) is 3.69. The Labute approximate surface area is 407 Å². The molecule has 23 nitrogen and oxygen atoms in total. The molecule has 0 spiro atoms. The number of carbonyl (C=O) groups is 8. The number of pyridine rings is 1. The van der Waals surface area contributed by atoms with Gasteiger partial charge in [-0.1, -0.05) is 31.0 Å². The van der Waals surface area contributed by atoms with Crippen molar-refractivity contribution in [3.63, 3.8) is 0 Å². The quantitative estimate of drug-likeness (QED) is 0.0402. The number of piperidine rings is 1. The first-order valence-corrected chi connectivity index (χ1v) is 22.9. The maximum atomic E-state index is 13.5. The van der Waals surface area contributed by atoms with E-state index in [-0.39, 0.29) is 60.6 Å². The maximum Gasteiger partial charge on any atom is 0.411 e. The van der Waals surface area contributed by atoms with Gasteiger partial charge in [0, 0.05) is 81.0 Å². The third kappa shape index (κ3) is 14.7. The number of nitrogens with zero attached hydrogens (tertiary/aromatic N) is 3. The van der Waals surface area contributed by atoms with Crippen LogP contribution in [0.25, 0.3) is 6.08 Å². The van der Waals surface area contributed by atoms with Crippen molar-refractivity contribution in [2.45, 2.75) is 81.9 Å². The number of unbranched alkanes of at least 4 members (excludes halogenated alkanes) is 1. The first-order valence-electron chi connectivity index (χ1n) is 22.9. The van der Waals surface area contributed by atoms with Crippen LogP contribution < -0.4 is 31.7 Å². The van der Waals surface area contributed by atoms with E-state index in [0.717, 1.165) is 49.8 Å². The smallest absolute Gasteiger partial charge is 0.411 e. The number of benzene rings is 2. The van der Waals surface area contributed by atoms with Crippen LogP contribution in [-0.2, 0) is 44.8 Å². The molecule has 6 rings (SSSR count). The summed E-state index contributed by atoms with van der Waals surface area (Å²) in [5.74, 6) is -4.76. The number of rotatable bonds is 21. The lowest BCUT2D eigenvalue weighted by atomic mass is 9.91. The molecule has 0 aliphatic carbocycles. The van der Waals surface area contributed by atoms with Gasteiger partial charge in [-0.3, -0.25) is 44.0 Å². The molecule has 71 heavy (non-hydrogen) atoms. The minimum Gasteiger partial charge on any atom is -0.479 e. The summed E-state index contributed by atoms with van der Waals surface area (Å²) in [5, 5.41) is 51.0. The molecule has 2 aromatic carbocycles. The number of amides is 7.